The van der Waals surface area contributed by atoms with Crippen molar-refractivity contribution in [2.45, 2.75) is 46.1 Å². The number of carbonyl (C=O) groups excluding carboxylic acids is 1. The summed E-state index contributed by atoms with van der Waals surface area (Å²) in [5.74, 6) is 1.32. The monoisotopic (exact) mass is 342 g/mol. The summed E-state index contributed by atoms with van der Waals surface area (Å²) in [6, 6.07) is 8.07. The number of carbonyl (C=O) groups is 1. The molecular formula is C20H30N4O. The van der Waals surface area contributed by atoms with Gasteiger partial charge in [-0.05, 0) is 42.4 Å². The van der Waals surface area contributed by atoms with Crippen LogP contribution >= 0.6 is 0 Å². The molecule has 0 atom stereocenters. The van der Waals surface area contributed by atoms with Gasteiger partial charge in [-0.25, -0.2) is 0 Å². The standard InChI is InChI=1S/C20H30N4O/c1-20(2)10-11-24(14-20)19(21-3)22-13-15-6-4-9-17(12-15)23-18(25)16-7-5-8-16/h4,6,9,12,16H,5,7-8,10-11,13-14H2,1-3H3,(H,21,22)(H,23,25). The van der Waals surface area contributed by atoms with Crippen molar-refractivity contribution < 1.29 is 4.79 Å². The van der Waals surface area contributed by atoms with Crippen molar-refractivity contribution in [1.82, 2.24) is 10.2 Å². The lowest BCUT2D eigenvalue weighted by molar-refractivity contribution is -0.122. The van der Waals surface area contributed by atoms with Gasteiger partial charge in [-0.1, -0.05) is 32.4 Å². The van der Waals surface area contributed by atoms with Crippen LogP contribution in [0, 0.1) is 11.3 Å². The number of hydrogen-bond acceptors (Lipinski definition) is 2. The third-order valence-corrected chi connectivity index (χ3v) is 5.31. The van der Waals surface area contributed by atoms with Crippen molar-refractivity contribution in [2.75, 3.05) is 25.5 Å². The summed E-state index contributed by atoms with van der Waals surface area (Å²) in [7, 11) is 1.84. The summed E-state index contributed by atoms with van der Waals surface area (Å²) in [4.78, 5) is 18.8. The van der Waals surface area contributed by atoms with Gasteiger partial charge in [0.05, 0.1) is 0 Å². The first kappa shape index (κ1) is 17.8. The number of aliphatic imine (C=N–C) groups is 1. The molecule has 0 aromatic heterocycles. The topological polar surface area (TPSA) is 56.7 Å². The molecule has 1 saturated carbocycles. The zero-order valence-electron chi connectivity index (χ0n) is 15.6. The van der Waals surface area contributed by atoms with Gasteiger partial charge in [0, 0.05) is 38.3 Å². The molecule has 0 radical (unpaired) electrons. The molecule has 1 saturated heterocycles. The Morgan fingerprint density at radius 3 is 2.76 bits per heavy atom. The van der Waals surface area contributed by atoms with Crippen LogP contribution in [0.1, 0.15) is 45.1 Å². The number of benzene rings is 1. The van der Waals surface area contributed by atoms with Gasteiger partial charge in [-0.3, -0.25) is 9.79 Å². The highest BCUT2D eigenvalue weighted by Crippen LogP contribution is 2.29. The first-order chi connectivity index (χ1) is 12.0. The molecule has 1 amide bonds. The van der Waals surface area contributed by atoms with E-state index in [1.54, 1.807) is 0 Å². The predicted octanol–water partition coefficient (Wildman–Crippen LogP) is 3.23. The zero-order valence-corrected chi connectivity index (χ0v) is 15.6. The Labute approximate surface area is 150 Å². The minimum Gasteiger partial charge on any atom is -0.352 e. The van der Waals surface area contributed by atoms with Crippen molar-refractivity contribution in [3.8, 4) is 0 Å². The SMILES string of the molecule is CN=C(NCc1cccc(NC(=O)C2CCC2)c1)N1CCC(C)(C)C1. The third-order valence-electron chi connectivity index (χ3n) is 5.31. The minimum absolute atomic E-state index is 0.159. The Kier molecular flexibility index (Phi) is 5.30. The summed E-state index contributed by atoms with van der Waals surface area (Å²) in [5, 5.41) is 6.50. The Morgan fingerprint density at radius 1 is 1.36 bits per heavy atom. The number of hydrogen-bond donors (Lipinski definition) is 2. The second-order valence-corrected chi connectivity index (χ2v) is 8.05. The second kappa shape index (κ2) is 7.46. The van der Waals surface area contributed by atoms with Crippen molar-refractivity contribution >= 4 is 17.6 Å². The van der Waals surface area contributed by atoms with E-state index in [-0.39, 0.29) is 11.8 Å². The van der Waals surface area contributed by atoms with Crippen LogP contribution in [0.3, 0.4) is 0 Å². The lowest BCUT2D eigenvalue weighted by Crippen LogP contribution is -2.40. The molecule has 1 aliphatic carbocycles. The van der Waals surface area contributed by atoms with Crippen molar-refractivity contribution in [3.63, 3.8) is 0 Å². The van der Waals surface area contributed by atoms with E-state index in [4.69, 9.17) is 0 Å². The molecule has 1 aromatic carbocycles. The van der Waals surface area contributed by atoms with E-state index >= 15 is 0 Å². The molecule has 136 valence electrons. The first-order valence-electron chi connectivity index (χ1n) is 9.32. The van der Waals surface area contributed by atoms with Crippen molar-refractivity contribution in [3.05, 3.63) is 29.8 Å². The number of rotatable bonds is 4. The van der Waals surface area contributed by atoms with Gasteiger partial charge in [-0.2, -0.15) is 0 Å². The molecule has 1 heterocycles. The molecule has 2 N–H and O–H groups in total. The molecule has 2 fully saturated rings. The Balaban J connectivity index is 1.55. The summed E-state index contributed by atoms with van der Waals surface area (Å²) >= 11 is 0. The lowest BCUT2D eigenvalue weighted by atomic mass is 9.85. The van der Waals surface area contributed by atoms with Crippen LogP contribution in [0.2, 0.25) is 0 Å². The quantitative estimate of drug-likeness (QED) is 0.652. The summed E-state index contributed by atoms with van der Waals surface area (Å²) < 4.78 is 0. The van der Waals surface area contributed by atoms with Crippen LogP contribution in [0.25, 0.3) is 0 Å². The van der Waals surface area contributed by atoms with Crippen molar-refractivity contribution in [2.24, 2.45) is 16.3 Å². The average molecular weight is 342 g/mol. The molecule has 2 aliphatic rings. The highest BCUT2D eigenvalue weighted by atomic mass is 16.1. The summed E-state index contributed by atoms with van der Waals surface area (Å²) in [6.07, 6.45) is 4.41. The third kappa shape index (κ3) is 4.53. The molecule has 0 bridgehead atoms. The van der Waals surface area contributed by atoms with Gasteiger partial charge < -0.3 is 15.5 Å². The van der Waals surface area contributed by atoms with Gasteiger partial charge in [0.15, 0.2) is 5.96 Å². The zero-order chi connectivity index (χ0) is 17.9. The van der Waals surface area contributed by atoms with Gasteiger partial charge in [0.1, 0.15) is 0 Å². The van der Waals surface area contributed by atoms with Crippen LogP contribution in [-0.4, -0.2) is 36.9 Å². The molecule has 5 nitrogen and oxygen atoms in total. The molecule has 1 aromatic rings. The van der Waals surface area contributed by atoms with Gasteiger partial charge in [-0.15, -0.1) is 0 Å². The number of nitrogens with one attached hydrogen (secondary N) is 2. The minimum atomic E-state index is 0.159. The highest BCUT2D eigenvalue weighted by molar-refractivity contribution is 5.93. The van der Waals surface area contributed by atoms with Crippen LogP contribution in [0.4, 0.5) is 5.69 Å². The van der Waals surface area contributed by atoms with Crippen LogP contribution < -0.4 is 10.6 Å². The summed E-state index contributed by atoms with van der Waals surface area (Å²) in [5.41, 5.74) is 2.38. The van der Waals surface area contributed by atoms with E-state index in [1.165, 1.54) is 12.8 Å². The molecule has 0 unspecified atom stereocenters. The van der Waals surface area contributed by atoms with E-state index in [2.05, 4.69) is 40.4 Å². The fourth-order valence-electron chi connectivity index (χ4n) is 3.48. The smallest absolute Gasteiger partial charge is 0.227 e. The number of nitrogens with zero attached hydrogens (tertiary/aromatic N) is 2. The predicted molar refractivity (Wildman–Crippen MR) is 103 cm³/mol. The molecule has 3 rings (SSSR count). The van der Waals surface area contributed by atoms with Gasteiger partial charge >= 0.3 is 0 Å². The van der Waals surface area contributed by atoms with E-state index in [0.29, 0.717) is 12.0 Å². The number of amides is 1. The Bertz CT molecular complexity index is 649. The maximum atomic E-state index is 12.1. The Morgan fingerprint density at radius 2 is 2.16 bits per heavy atom. The molecule has 5 heteroatoms. The van der Waals surface area contributed by atoms with Crippen LogP contribution in [0.15, 0.2) is 29.3 Å². The fourth-order valence-corrected chi connectivity index (χ4v) is 3.48. The van der Waals surface area contributed by atoms with E-state index < -0.39 is 0 Å². The number of anilines is 1. The first-order valence-corrected chi connectivity index (χ1v) is 9.32. The van der Waals surface area contributed by atoms with Crippen LogP contribution in [-0.2, 0) is 11.3 Å². The van der Waals surface area contributed by atoms with Crippen LogP contribution in [0.5, 0.6) is 0 Å². The maximum absolute atomic E-state index is 12.1. The summed E-state index contributed by atoms with van der Waals surface area (Å²) in [6.45, 7) is 7.38. The molecular weight excluding hydrogens is 312 g/mol. The molecule has 0 spiro atoms. The van der Waals surface area contributed by atoms with Gasteiger partial charge in [0.2, 0.25) is 5.91 Å². The largest absolute Gasteiger partial charge is 0.352 e. The average Bonchev–Trinajstić information content (AvgIpc) is 2.86. The van der Waals surface area contributed by atoms with Crippen molar-refractivity contribution in [1.29, 1.82) is 0 Å². The number of likely N-dealkylation sites (tertiary alicyclic amines) is 1. The fraction of sp³-hybridized carbons (Fsp3) is 0.600. The van der Waals surface area contributed by atoms with E-state index in [1.807, 2.05) is 25.2 Å². The second-order valence-electron chi connectivity index (χ2n) is 8.05. The molecule has 1 aliphatic heterocycles. The molecule has 25 heavy (non-hydrogen) atoms. The van der Waals surface area contributed by atoms with E-state index in [9.17, 15) is 4.79 Å². The van der Waals surface area contributed by atoms with Gasteiger partial charge in [0.25, 0.3) is 0 Å². The highest BCUT2D eigenvalue weighted by Gasteiger charge is 2.30. The lowest BCUT2D eigenvalue weighted by Gasteiger charge is -2.24. The van der Waals surface area contributed by atoms with E-state index in [0.717, 1.165) is 43.1 Å². The maximum Gasteiger partial charge on any atom is 0.227 e. The normalized spacial score (nSPS) is 20.3. The number of guanidine groups is 1. The Hall–Kier alpha value is -2.04.